The molecule has 0 aliphatic rings. The zero-order chi connectivity index (χ0) is 23.2. The predicted molar refractivity (Wildman–Crippen MR) is 109 cm³/mol. The van der Waals surface area contributed by atoms with E-state index in [-0.39, 0.29) is 22.1 Å². The number of carbonyl (C=O) groups is 1. The Labute approximate surface area is 183 Å². The van der Waals surface area contributed by atoms with Gasteiger partial charge in [-0.2, -0.15) is 18.3 Å². The molecule has 0 fully saturated rings. The Morgan fingerprint density at radius 2 is 2.00 bits per heavy atom. The Kier molecular flexibility index (Phi) is 5.29. The highest BCUT2D eigenvalue weighted by molar-refractivity contribution is 6.37. The largest absolute Gasteiger partial charge is 0.497 e. The number of hydrogen-bond acceptors (Lipinski definition) is 6. The van der Waals surface area contributed by atoms with Crippen molar-refractivity contribution in [3.63, 3.8) is 0 Å². The second kappa shape index (κ2) is 7.83. The first-order chi connectivity index (χ1) is 15.1. The molecule has 1 N–H and O–H groups in total. The van der Waals surface area contributed by atoms with E-state index < -0.39 is 23.5 Å². The Morgan fingerprint density at radius 1 is 1.25 bits per heavy atom. The maximum atomic E-state index is 13.8. The topological polar surface area (TPSA) is 94.6 Å². The minimum Gasteiger partial charge on any atom is -0.497 e. The van der Waals surface area contributed by atoms with Gasteiger partial charge in [0.15, 0.2) is 22.8 Å². The number of benzene rings is 1. The van der Waals surface area contributed by atoms with Crippen molar-refractivity contribution >= 4 is 28.8 Å². The van der Waals surface area contributed by atoms with Crippen molar-refractivity contribution in [3.8, 4) is 17.0 Å². The van der Waals surface area contributed by atoms with Gasteiger partial charge in [0.05, 0.1) is 12.8 Å². The van der Waals surface area contributed by atoms with E-state index in [1.807, 2.05) is 0 Å². The molecule has 0 saturated carbocycles. The van der Waals surface area contributed by atoms with Gasteiger partial charge >= 0.3 is 6.18 Å². The molecule has 0 saturated heterocycles. The zero-order valence-electron chi connectivity index (χ0n) is 16.9. The first-order valence-corrected chi connectivity index (χ1v) is 9.53. The molecule has 3 heterocycles. The molecule has 0 aliphatic carbocycles. The van der Waals surface area contributed by atoms with Crippen LogP contribution >= 0.6 is 11.6 Å². The van der Waals surface area contributed by atoms with Gasteiger partial charge in [-0.05, 0) is 32.0 Å². The highest BCUT2D eigenvalue weighted by atomic mass is 35.5. The number of nitrogens with one attached hydrogen (secondary N) is 1. The second-order valence-electron chi connectivity index (χ2n) is 6.81. The van der Waals surface area contributed by atoms with E-state index in [1.165, 1.54) is 13.2 Å². The number of nitrogens with zero attached hydrogens (tertiary/aromatic N) is 4. The van der Waals surface area contributed by atoms with E-state index in [0.717, 1.165) is 6.07 Å². The average Bonchev–Trinajstić information content (AvgIpc) is 3.26. The van der Waals surface area contributed by atoms with Gasteiger partial charge in [-0.25, -0.2) is 9.50 Å². The lowest BCUT2D eigenvalue weighted by Crippen LogP contribution is -2.16. The molecule has 4 rings (SSSR count). The molecule has 0 atom stereocenters. The summed E-state index contributed by atoms with van der Waals surface area (Å²) in [4.78, 5) is 17.0. The lowest BCUT2D eigenvalue weighted by molar-refractivity contribution is -0.142. The van der Waals surface area contributed by atoms with Crippen LogP contribution in [0, 0.1) is 13.8 Å². The minimum absolute atomic E-state index is 0.0109. The first-order valence-electron chi connectivity index (χ1n) is 9.15. The second-order valence-corrected chi connectivity index (χ2v) is 7.19. The fourth-order valence-electron chi connectivity index (χ4n) is 3.10. The standard InChI is InChI=1S/C20H15ClF3N5O3/c1-9-16(10(2)32-28-9)26-19(30)17-15(21)18-25-13(11-5-4-6-12(7-11)31-3)8-14(20(22,23)24)29(18)27-17/h4-8H,1-3H3,(H,26,30). The molecule has 32 heavy (non-hydrogen) atoms. The molecular formula is C20H15ClF3N5O3. The molecule has 1 amide bonds. The number of amides is 1. The quantitative estimate of drug-likeness (QED) is 0.459. The maximum absolute atomic E-state index is 13.8. The van der Waals surface area contributed by atoms with E-state index >= 15 is 0 Å². The van der Waals surface area contributed by atoms with Gasteiger partial charge in [0.1, 0.15) is 22.2 Å². The van der Waals surface area contributed by atoms with Crippen molar-refractivity contribution in [3.05, 3.63) is 58.2 Å². The van der Waals surface area contributed by atoms with Crippen molar-refractivity contribution in [2.24, 2.45) is 0 Å². The van der Waals surface area contributed by atoms with Crippen molar-refractivity contribution < 1.29 is 27.2 Å². The van der Waals surface area contributed by atoms with Crippen LogP contribution in [0.15, 0.2) is 34.9 Å². The SMILES string of the molecule is COc1cccc(-c2cc(C(F)(F)F)n3nc(C(=O)Nc4c(C)noc4C)c(Cl)c3n2)c1. The average molecular weight is 466 g/mol. The number of methoxy groups -OCH3 is 1. The van der Waals surface area contributed by atoms with Crippen LogP contribution in [-0.4, -0.2) is 32.8 Å². The molecule has 0 aliphatic heterocycles. The molecule has 0 unspecified atom stereocenters. The van der Waals surface area contributed by atoms with Gasteiger partial charge in [0, 0.05) is 5.56 Å². The molecule has 0 spiro atoms. The van der Waals surface area contributed by atoms with E-state index in [1.54, 1.807) is 32.0 Å². The zero-order valence-corrected chi connectivity index (χ0v) is 17.7. The number of hydrogen-bond donors (Lipinski definition) is 1. The summed E-state index contributed by atoms with van der Waals surface area (Å²) in [6.07, 6.45) is -4.79. The summed E-state index contributed by atoms with van der Waals surface area (Å²) in [5.74, 6) is -0.0621. The van der Waals surface area contributed by atoms with E-state index in [0.29, 0.717) is 27.3 Å². The van der Waals surface area contributed by atoms with Gasteiger partial charge in [0.2, 0.25) is 0 Å². The first kappa shape index (κ1) is 21.6. The fourth-order valence-corrected chi connectivity index (χ4v) is 3.35. The van der Waals surface area contributed by atoms with Crippen LogP contribution in [0.4, 0.5) is 18.9 Å². The fraction of sp³-hybridized carbons (Fsp3) is 0.200. The summed E-state index contributed by atoms with van der Waals surface area (Å²) < 4.78 is 52.1. The lowest BCUT2D eigenvalue weighted by atomic mass is 10.1. The lowest BCUT2D eigenvalue weighted by Gasteiger charge is -2.11. The number of aryl methyl sites for hydroxylation is 2. The minimum atomic E-state index is -4.79. The van der Waals surface area contributed by atoms with Crippen LogP contribution in [0.25, 0.3) is 16.9 Å². The van der Waals surface area contributed by atoms with Crippen LogP contribution in [-0.2, 0) is 6.18 Å². The number of rotatable bonds is 4. The summed E-state index contributed by atoms with van der Waals surface area (Å²) in [5.41, 5.74) is -0.844. The third-order valence-electron chi connectivity index (χ3n) is 4.68. The number of carbonyl (C=O) groups excluding carboxylic acids is 1. The molecular weight excluding hydrogens is 451 g/mol. The molecule has 0 bridgehead atoms. The van der Waals surface area contributed by atoms with Crippen LogP contribution in [0.3, 0.4) is 0 Å². The number of anilines is 1. The molecule has 4 aromatic rings. The van der Waals surface area contributed by atoms with Gasteiger partial charge in [0.25, 0.3) is 5.91 Å². The van der Waals surface area contributed by atoms with E-state index in [2.05, 4.69) is 20.6 Å². The Hall–Kier alpha value is -3.60. The van der Waals surface area contributed by atoms with Crippen LogP contribution in [0.5, 0.6) is 5.75 Å². The third kappa shape index (κ3) is 3.75. The Bertz CT molecular complexity index is 1330. The molecule has 166 valence electrons. The summed E-state index contributed by atoms with van der Waals surface area (Å²) in [6, 6.07) is 7.22. The summed E-state index contributed by atoms with van der Waals surface area (Å²) in [6.45, 7) is 3.17. The highest BCUT2D eigenvalue weighted by Gasteiger charge is 2.37. The van der Waals surface area contributed by atoms with Crippen molar-refractivity contribution in [1.29, 1.82) is 0 Å². The normalized spacial score (nSPS) is 11.7. The smallest absolute Gasteiger partial charge is 0.433 e. The molecule has 3 aromatic heterocycles. The number of fused-ring (bicyclic) bond motifs is 1. The van der Waals surface area contributed by atoms with Gasteiger partial charge in [-0.3, -0.25) is 4.79 Å². The van der Waals surface area contributed by atoms with Crippen molar-refractivity contribution in [1.82, 2.24) is 19.8 Å². The Morgan fingerprint density at radius 3 is 2.62 bits per heavy atom. The van der Waals surface area contributed by atoms with E-state index in [4.69, 9.17) is 20.9 Å². The van der Waals surface area contributed by atoms with Crippen molar-refractivity contribution in [2.45, 2.75) is 20.0 Å². The monoisotopic (exact) mass is 465 g/mol. The molecule has 12 heteroatoms. The maximum Gasteiger partial charge on any atom is 0.433 e. The number of alkyl halides is 3. The van der Waals surface area contributed by atoms with Gasteiger partial charge in [-0.15, -0.1) is 0 Å². The van der Waals surface area contributed by atoms with Crippen LogP contribution in [0.2, 0.25) is 5.02 Å². The van der Waals surface area contributed by atoms with Crippen LogP contribution in [0.1, 0.15) is 27.6 Å². The molecule has 8 nitrogen and oxygen atoms in total. The van der Waals surface area contributed by atoms with Gasteiger partial charge < -0.3 is 14.6 Å². The number of aromatic nitrogens is 4. The summed E-state index contributed by atoms with van der Waals surface area (Å²) in [7, 11) is 1.44. The van der Waals surface area contributed by atoms with Crippen LogP contribution < -0.4 is 10.1 Å². The summed E-state index contributed by atoms with van der Waals surface area (Å²) in [5, 5.41) is 9.70. The molecule has 1 aromatic carbocycles. The predicted octanol–water partition coefficient (Wildman–Crippen LogP) is 4.93. The van der Waals surface area contributed by atoms with Gasteiger partial charge in [-0.1, -0.05) is 28.9 Å². The van der Waals surface area contributed by atoms with Crippen molar-refractivity contribution in [2.75, 3.05) is 12.4 Å². The number of ether oxygens (including phenoxy) is 1. The Balaban J connectivity index is 1.87. The van der Waals surface area contributed by atoms with E-state index in [9.17, 15) is 18.0 Å². The number of halogens is 4. The third-order valence-corrected chi connectivity index (χ3v) is 5.02. The molecule has 0 radical (unpaired) electrons. The highest BCUT2D eigenvalue weighted by Crippen LogP contribution is 2.35. The summed E-state index contributed by atoms with van der Waals surface area (Å²) >= 11 is 6.27.